The second-order valence-electron chi connectivity index (χ2n) is 6.07. The molecule has 1 aromatic carbocycles. The van der Waals surface area contributed by atoms with E-state index in [0.29, 0.717) is 23.1 Å². The Bertz CT molecular complexity index is 600. The quantitative estimate of drug-likeness (QED) is 0.847. The summed E-state index contributed by atoms with van der Waals surface area (Å²) in [6.45, 7) is 2.46. The van der Waals surface area contributed by atoms with Crippen LogP contribution in [0.4, 0.5) is 0 Å². The van der Waals surface area contributed by atoms with E-state index >= 15 is 0 Å². The monoisotopic (exact) mass is 310 g/mol. The minimum atomic E-state index is -3.41. The molecule has 0 N–H and O–H groups in total. The van der Waals surface area contributed by atoms with Crippen LogP contribution < -0.4 is 4.74 Å². The topological polar surface area (TPSA) is 49.9 Å². The number of benzene rings is 1. The van der Waals surface area contributed by atoms with Crippen LogP contribution in [0.15, 0.2) is 29.2 Å². The van der Waals surface area contributed by atoms with Crippen molar-refractivity contribution in [3.63, 3.8) is 0 Å². The van der Waals surface area contributed by atoms with Crippen molar-refractivity contribution in [3.05, 3.63) is 24.3 Å². The van der Waals surface area contributed by atoms with Gasteiger partial charge in [-0.3, -0.25) is 0 Å². The van der Waals surface area contributed by atoms with Crippen LogP contribution in [0.25, 0.3) is 0 Å². The Kier molecular flexibility index (Phi) is 3.94. The van der Waals surface area contributed by atoms with Gasteiger partial charge in [-0.1, -0.05) is 0 Å². The Morgan fingerprint density at radius 3 is 2.48 bits per heavy atom. The second-order valence-corrected chi connectivity index (χ2v) is 7.96. The zero-order valence-electron chi connectivity index (χ0n) is 12.5. The lowest BCUT2D eigenvalue weighted by molar-refractivity contribution is 0.229. The van der Waals surface area contributed by atoms with E-state index in [1.165, 1.54) is 0 Å². The van der Waals surface area contributed by atoms with Gasteiger partial charge in [-0.05, 0) is 50.1 Å². The first-order valence-corrected chi connectivity index (χ1v) is 8.79. The number of hydrogen-bond acceptors (Lipinski definition) is 4. The van der Waals surface area contributed by atoms with E-state index < -0.39 is 10.0 Å². The molecule has 2 atom stereocenters. The highest BCUT2D eigenvalue weighted by atomic mass is 32.2. The number of rotatable bonds is 3. The number of hydrogen-bond donors (Lipinski definition) is 0. The summed E-state index contributed by atoms with van der Waals surface area (Å²) in [5.74, 6) is 1.12. The summed E-state index contributed by atoms with van der Waals surface area (Å²) in [7, 11) is 0.241. The highest BCUT2D eigenvalue weighted by Crippen LogP contribution is 2.32. The van der Waals surface area contributed by atoms with Crippen LogP contribution >= 0.6 is 0 Å². The predicted molar refractivity (Wildman–Crippen MR) is 80.9 cm³/mol. The van der Waals surface area contributed by atoms with Crippen LogP contribution in [-0.4, -0.2) is 57.5 Å². The molecular weight excluding hydrogens is 288 g/mol. The first kappa shape index (κ1) is 14.8. The molecular formula is C15H22N2O3S. The molecule has 0 aliphatic carbocycles. The molecule has 3 saturated heterocycles. The molecule has 0 saturated carbocycles. The Hall–Kier alpha value is -1.11. The Labute approximate surface area is 126 Å². The van der Waals surface area contributed by atoms with Gasteiger partial charge in [-0.15, -0.1) is 0 Å². The molecule has 0 spiro atoms. The van der Waals surface area contributed by atoms with E-state index in [1.807, 2.05) is 0 Å². The SMILES string of the molecule is COc1ccc(S(=O)(=O)N2C[C@@H]3CC[C@H]2CN(C)C3)cc1. The van der Waals surface area contributed by atoms with E-state index in [-0.39, 0.29) is 6.04 Å². The molecule has 1 aromatic rings. The van der Waals surface area contributed by atoms with Gasteiger partial charge in [0.2, 0.25) is 10.0 Å². The normalized spacial score (nSPS) is 27.5. The summed E-state index contributed by atoms with van der Waals surface area (Å²) in [5.41, 5.74) is 0. The number of methoxy groups -OCH3 is 1. The van der Waals surface area contributed by atoms with E-state index in [2.05, 4.69) is 11.9 Å². The fourth-order valence-corrected chi connectivity index (χ4v) is 5.17. The van der Waals surface area contributed by atoms with Crippen molar-refractivity contribution in [3.8, 4) is 5.75 Å². The third kappa shape index (κ3) is 2.80. The van der Waals surface area contributed by atoms with Crippen molar-refractivity contribution in [2.45, 2.75) is 23.8 Å². The van der Waals surface area contributed by atoms with E-state index in [1.54, 1.807) is 35.7 Å². The third-order valence-electron chi connectivity index (χ3n) is 4.51. The highest BCUT2D eigenvalue weighted by molar-refractivity contribution is 7.89. The number of sulfonamides is 1. The number of fused-ring (bicyclic) bond motifs is 4. The summed E-state index contributed by atoms with van der Waals surface area (Å²) in [6.07, 6.45) is 2.09. The summed E-state index contributed by atoms with van der Waals surface area (Å²) >= 11 is 0. The first-order valence-electron chi connectivity index (χ1n) is 7.35. The maximum atomic E-state index is 12.9. The molecule has 0 radical (unpaired) electrons. The van der Waals surface area contributed by atoms with Crippen LogP contribution in [0.2, 0.25) is 0 Å². The van der Waals surface area contributed by atoms with Crippen LogP contribution in [0, 0.1) is 5.92 Å². The molecule has 0 amide bonds. The Balaban J connectivity index is 1.90. The van der Waals surface area contributed by atoms with Gasteiger partial charge in [0.15, 0.2) is 0 Å². The minimum Gasteiger partial charge on any atom is -0.497 e. The maximum absolute atomic E-state index is 12.9. The van der Waals surface area contributed by atoms with E-state index in [0.717, 1.165) is 25.9 Å². The summed E-state index contributed by atoms with van der Waals surface area (Å²) in [5, 5.41) is 0. The van der Waals surface area contributed by atoms with Crippen molar-refractivity contribution in [2.24, 2.45) is 5.92 Å². The van der Waals surface area contributed by atoms with Gasteiger partial charge in [-0.25, -0.2) is 8.42 Å². The van der Waals surface area contributed by atoms with Crippen LogP contribution in [0.5, 0.6) is 5.75 Å². The molecule has 4 rings (SSSR count). The lowest BCUT2D eigenvalue weighted by atomic mass is 9.97. The second kappa shape index (κ2) is 5.59. The zero-order valence-corrected chi connectivity index (χ0v) is 13.3. The lowest BCUT2D eigenvalue weighted by Gasteiger charge is -2.35. The minimum absolute atomic E-state index is 0.0980. The molecule has 3 fully saturated rings. The fraction of sp³-hybridized carbons (Fsp3) is 0.600. The molecule has 116 valence electrons. The van der Waals surface area contributed by atoms with Gasteiger partial charge >= 0.3 is 0 Å². The molecule has 2 bridgehead atoms. The van der Waals surface area contributed by atoms with E-state index in [9.17, 15) is 8.42 Å². The molecule has 3 aliphatic rings. The predicted octanol–water partition coefficient (Wildman–Crippen LogP) is 1.41. The van der Waals surface area contributed by atoms with Crippen molar-refractivity contribution < 1.29 is 13.2 Å². The van der Waals surface area contributed by atoms with Crippen LogP contribution in [-0.2, 0) is 10.0 Å². The van der Waals surface area contributed by atoms with Gasteiger partial charge in [0.25, 0.3) is 0 Å². The summed E-state index contributed by atoms with van der Waals surface area (Å²) in [6, 6.07) is 6.78. The van der Waals surface area contributed by atoms with Crippen LogP contribution in [0.1, 0.15) is 12.8 Å². The lowest BCUT2D eigenvalue weighted by Crippen LogP contribution is -2.47. The third-order valence-corrected chi connectivity index (χ3v) is 6.44. The Morgan fingerprint density at radius 2 is 1.81 bits per heavy atom. The molecule has 3 aliphatic heterocycles. The average molecular weight is 310 g/mol. The molecule has 0 aromatic heterocycles. The number of piperidine rings is 1. The van der Waals surface area contributed by atoms with Crippen molar-refractivity contribution in [2.75, 3.05) is 33.8 Å². The molecule has 21 heavy (non-hydrogen) atoms. The fourth-order valence-electron chi connectivity index (χ4n) is 3.45. The highest BCUT2D eigenvalue weighted by Gasteiger charge is 2.40. The smallest absolute Gasteiger partial charge is 0.243 e. The molecule has 5 nitrogen and oxygen atoms in total. The number of ether oxygens (including phenoxy) is 1. The largest absolute Gasteiger partial charge is 0.497 e. The zero-order chi connectivity index (χ0) is 15.0. The molecule has 3 heterocycles. The Morgan fingerprint density at radius 1 is 1.10 bits per heavy atom. The van der Waals surface area contributed by atoms with Crippen molar-refractivity contribution in [1.82, 2.24) is 9.21 Å². The number of likely N-dealkylation sites (N-methyl/N-ethyl adjacent to an activating group) is 1. The summed E-state index contributed by atoms with van der Waals surface area (Å²) in [4.78, 5) is 2.62. The first-order chi connectivity index (χ1) is 10.0. The maximum Gasteiger partial charge on any atom is 0.243 e. The van der Waals surface area contributed by atoms with Gasteiger partial charge in [0.1, 0.15) is 5.75 Å². The van der Waals surface area contributed by atoms with Gasteiger partial charge in [-0.2, -0.15) is 4.31 Å². The summed E-state index contributed by atoms with van der Waals surface area (Å²) < 4.78 is 32.6. The standard InChI is InChI=1S/C15H22N2O3S/c1-16-9-12-3-4-13(11-16)17(10-12)21(18,19)15-7-5-14(20-2)6-8-15/h5-8,12-13H,3-4,9-11H2,1-2H3/t12-,13+/m1/s1. The van der Waals surface area contributed by atoms with Crippen molar-refractivity contribution >= 4 is 10.0 Å². The molecule has 0 unspecified atom stereocenters. The average Bonchev–Trinajstić information content (AvgIpc) is 2.76. The van der Waals surface area contributed by atoms with E-state index in [4.69, 9.17) is 4.74 Å². The van der Waals surface area contributed by atoms with Gasteiger partial charge in [0, 0.05) is 25.7 Å². The molecule has 6 heteroatoms. The van der Waals surface area contributed by atoms with Crippen LogP contribution in [0.3, 0.4) is 0 Å². The van der Waals surface area contributed by atoms with Gasteiger partial charge < -0.3 is 9.64 Å². The number of nitrogens with zero attached hydrogens (tertiary/aromatic N) is 2. The van der Waals surface area contributed by atoms with Gasteiger partial charge in [0.05, 0.1) is 12.0 Å². The van der Waals surface area contributed by atoms with Crippen molar-refractivity contribution in [1.29, 1.82) is 0 Å².